The predicted molar refractivity (Wildman–Crippen MR) is 94.8 cm³/mol. The van der Waals surface area contributed by atoms with Gasteiger partial charge in [0.05, 0.1) is 0 Å². The molecule has 1 aliphatic carbocycles. The van der Waals surface area contributed by atoms with Crippen LogP contribution >= 0.6 is 0 Å². The Morgan fingerprint density at radius 3 is 2.83 bits per heavy atom. The highest BCUT2D eigenvalue weighted by atomic mass is 16.3. The van der Waals surface area contributed by atoms with E-state index in [2.05, 4.69) is 30.1 Å². The van der Waals surface area contributed by atoms with Gasteiger partial charge in [-0.3, -0.25) is 4.79 Å². The fourth-order valence-corrected chi connectivity index (χ4v) is 2.71. The minimum atomic E-state index is -0.0168. The first kappa shape index (κ1) is 16.5. The second-order valence-corrected chi connectivity index (χ2v) is 6.26. The molecule has 4 nitrogen and oxygen atoms in total. The number of carbonyl (C=O) groups excluding carboxylic acids is 1. The lowest BCUT2D eigenvalue weighted by molar-refractivity contribution is 0.0764. The summed E-state index contributed by atoms with van der Waals surface area (Å²) in [5.41, 5.74) is 1.64. The van der Waals surface area contributed by atoms with Gasteiger partial charge in [0.15, 0.2) is 12.1 Å². The van der Waals surface area contributed by atoms with Crippen LogP contribution in [0.3, 0.4) is 0 Å². The molecule has 1 saturated carbocycles. The summed E-state index contributed by atoms with van der Waals surface area (Å²) >= 11 is 0. The molecule has 0 bridgehead atoms. The van der Waals surface area contributed by atoms with Crippen molar-refractivity contribution in [2.45, 2.75) is 38.5 Å². The van der Waals surface area contributed by atoms with Crippen LogP contribution in [-0.2, 0) is 0 Å². The van der Waals surface area contributed by atoms with Crippen LogP contribution in [0.25, 0.3) is 6.08 Å². The number of carbonyl (C=O) groups is 1. The molecule has 126 valence electrons. The van der Waals surface area contributed by atoms with E-state index in [1.54, 1.807) is 0 Å². The molecule has 0 unspecified atom stereocenters. The zero-order valence-electron chi connectivity index (χ0n) is 14.1. The third-order valence-electron chi connectivity index (χ3n) is 4.25. The number of hydrogen-bond acceptors (Lipinski definition) is 3. The Labute approximate surface area is 143 Å². The molecule has 0 saturated heterocycles. The summed E-state index contributed by atoms with van der Waals surface area (Å²) in [7, 11) is 0. The minimum Gasteiger partial charge on any atom is -0.447 e. The Morgan fingerprint density at radius 1 is 1.33 bits per heavy atom. The quantitative estimate of drug-likeness (QED) is 0.718. The van der Waals surface area contributed by atoms with Crippen LogP contribution in [0.2, 0.25) is 0 Å². The maximum absolute atomic E-state index is 12.9. The standard InChI is InChI=1S/C20H24N2O2/c1-2-3-13-22(14-7-10-16-8-5-4-6-9-16)20(23)18-19(17-11-12-17)24-15-21-18/h4-10,15,17H,2-3,11-14H2,1H3. The Kier molecular flexibility index (Phi) is 5.47. The van der Waals surface area contributed by atoms with E-state index in [4.69, 9.17) is 4.42 Å². The van der Waals surface area contributed by atoms with Crippen LogP contribution < -0.4 is 0 Å². The third-order valence-corrected chi connectivity index (χ3v) is 4.25. The number of rotatable bonds is 8. The van der Waals surface area contributed by atoms with Crippen molar-refractivity contribution in [1.82, 2.24) is 9.88 Å². The summed E-state index contributed by atoms with van der Waals surface area (Å²) in [6, 6.07) is 10.1. The summed E-state index contributed by atoms with van der Waals surface area (Å²) in [6.07, 6.45) is 9.73. The fraction of sp³-hybridized carbons (Fsp3) is 0.400. The molecule has 4 heteroatoms. The van der Waals surface area contributed by atoms with Gasteiger partial charge in [-0.25, -0.2) is 4.98 Å². The van der Waals surface area contributed by atoms with Gasteiger partial charge in [-0.15, -0.1) is 0 Å². The van der Waals surface area contributed by atoms with Gasteiger partial charge < -0.3 is 9.32 Å². The summed E-state index contributed by atoms with van der Waals surface area (Å²) in [6.45, 7) is 3.46. The van der Waals surface area contributed by atoms with E-state index in [0.717, 1.165) is 43.6 Å². The van der Waals surface area contributed by atoms with E-state index >= 15 is 0 Å². The van der Waals surface area contributed by atoms with E-state index < -0.39 is 0 Å². The van der Waals surface area contributed by atoms with Crippen LogP contribution in [0, 0.1) is 0 Å². The Balaban J connectivity index is 1.69. The number of nitrogens with zero attached hydrogens (tertiary/aromatic N) is 2. The Morgan fingerprint density at radius 2 is 2.12 bits per heavy atom. The van der Waals surface area contributed by atoms with Gasteiger partial charge in [0.1, 0.15) is 5.76 Å². The first-order valence-electron chi connectivity index (χ1n) is 8.74. The molecular formula is C20H24N2O2. The summed E-state index contributed by atoms with van der Waals surface area (Å²) in [5.74, 6) is 1.14. The van der Waals surface area contributed by atoms with Crippen LogP contribution in [0.15, 0.2) is 47.2 Å². The van der Waals surface area contributed by atoms with Crippen molar-refractivity contribution < 1.29 is 9.21 Å². The normalized spacial score (nSPS) is 14.2. The fourth-order valence-electron chi connectivity index (χ4n) is 2.71. The summed E-state index contributed by atoms with van der Waals surface area (Å²) in [5, 5.41) is 0. The number of hydrogen-bond donors (Lipinski definition) is 0. The molecule has 1 aliphatic rings. The van der Waals surface area contributed by atoms with Gasteiger partial charge in [0.2, 0.25) is 0 Å². The molecule has 1 fully saturated rings. The van der Waals surface area contributed by atoms with Crippen molar-refractivity contribution >= 4 is 12.0 Å². The van der Waals surface area contributed by atoms with Crippen molar-refractivity contribution in [3.05, 3.63) is 59.8 Å². The first-order valence-corrected chi connectivity index (χ1v) is 8.74. The maximum atomic E-state index is 12.9. The van der Waals surface area contributed by atoms with Crippen molar-refractivity contribution in [1.29, 1.82) is 0 Å². The van der Waals surface area contributed by atoms with E-state index in [-0.39, 0.29) is 5.91 Å². The molecule has 0 aliphatic heterocycles. The molecule has 1 aromatic carbocycles. The number of amides is 1. The first-order chi connectivity index (χ1) is 11.8. The van der Waals surface area contributed by atoms with E-state index in [0.29, 0.717) is 18.2 Å². The molecular weight excluding hydrogens is 300 g/mol. The van der Waals surface area contributed by atoms with Crippen molar-refractivity contribution in [2.75, 3.05) is 13.1 Å². The lowest BCUT2D eigenvalue weighted by Crippen LogP contribution is -2.33. The molecule has 1 heterocycles. The molecule has 0 N–H and O–H groups in total. The van der Waals surface area contributed by atoms with Gasteiger partial charge in [-0.05, 0) is 24.8 Å². The maximum Gasteiger partial charge on any atom is 0.276 e. The van der Waals surface area contributed by atoms with Crippen molar-refractivity contribution in [2.24, 2.45) is 0 Å². The second-order valence-electron chi connectivity index (χ2n) is 6.26. The number of aromatic nitrogens is 1. The topological polar surface area (TPSA) is 46.3 Å². The molecule has 0 atom stereocenters. The average molecular weight is 324 g/mol. The molecule has 0 radical (unpaired) electrons. The molecule has 3 rings (SSSR count). The van der Waals surface area contributed by atoms with E-state index in [1.165, 1.54) is 6.39 Å². The van der Waals surface area contributed by atoms with E-state index in [1.807, 2.05) is 29.2 Å². The smallest absolute Gasteiger partial charge is 0.276 e. The lowest BCUT2D eigenvalue weighted by Gasteiger charge is -2.20. The third kappa shape index (κ3) is 4.13. The zero-order valence-corrected chi connectivity index (χ0v) is 14.1. The van der Waals surface area contributed by atoms with Gasteiger partial charge >= 0.3 is 0 Å². The largest absolute Gasteiger partial charge is 0.447 e. The summed E-state index contributed by atoms with van der Waals surface area (Å²) < 4.78 is 5.46. The van der Waals surface area contributed by atoms with Crippen LogP contribution in [0.4, 0.5) is 0 Å². The highest BCUT2D eigenvalue weighted by Crippen LogP contribution is 2.41. The zero-order chi connectivity index (χ0) is 16.8. The monoisotopic (exact) mass is 324 g/mol. The van der Waals surface area contributed by atoms with Crippen LogP contribution in [-0.4, -0.2) is 28.9 Å². The molecule has 1 amide bonds. The Bertz CT molecular complexity index is 687. The van der Waals surface area contributed by atoms with Gasteiger partial charge in [-0.2, -0.15) is 0 Å². The van der Waals surface area contributed by atoms with Crippen molar-refractivity contribution in [3.8, 4) is 0 Å². The van der Waals surface area contributed by atoms with Crippen molar-refractivity contribution in [3.63, 3.8) is 0 Å². The van der Waals surface area contributed by atoms with Gasteiger partial charge in [0, 0.05) is 19.0 Å². The highest BCUT2D eigenvalue weighted by molar-refractivity contribution is 5.93. The number of oxazole rings is 1. The van der Waals surface area contributed by atoms with E-state index in [9.17, 15) is 4.79 Å². The van der Waals surface area contributed by atoms with Gasteiger partial charge in [-0.1, -0.05) is 55.8 Å². The number of benzene rings is 1. The second kappa shape index (κ2) is 7.95. The van der Waals surface area contributed by atoms with Crippen LogP contribution in [0.1, 0.15) is 60.3 Å². The number of unbranched alkanes of at least 4 members (excludes halogenated alkanes) is 1. The minimum absolute atomic E-state index is 0.0168. The summed E-state index contributed by atoms with van der Waals surface area (Å²) in [4.78, 5) is 18.9. The highest BCUT2D eigenvalue weighted by Gasteiger charge is 2.33. The van der Waals surface area contributed by atoms with Crippen LogP contribution in [0.5, 0.6) is 0 Å². The molecule has 1 aromatic heterocycles. The molecule has 24 heavy (non-hydrogen) atoms. The Hall–Kier alpha value is -2.36. The molecule has 0 spiro atoms. The van der Waals surface area contributed by atoms with Gasteiger partial charge in [0.25, 0.3) is 5.91 Å². The predicted octanol–water partition coefficient (Wildman–Crippen LogP) is 4.51. The lowest BCUT2D eigenvalue weighted by atomic mass is 10.2. The average Bonchev–Trinajstić information content (AvgIpc) is 3.35. The SMILES string of the molecule is CCCCN(CC=Cc1ccccc1)C(=O)c1ncoc1C1CC1. The molecule has 2 aromatic rings.